The number of amides is 2. The fourth-order valence-electron chi connectivity index (χ4n) is 2.83. The first-order valence-corrected chi connectivity index (χ1v) is 10.3. The van der Waals surface area contributed by atoms with Crippen molar-refractivity contribution in [1.29, 1.82) is 0 Å². The normalized spacial score (nSPS) is 10.5. The van der Waals surface area contributed by atoms with E-state index in [4.69, 9.17) is 9.47 Å². The quantitative estimate of drug-likeness (QED) is 0.568. The van der Waals surface area contributed by atoms with Gasteiger partial charge in [0.25, 0.3) is 5.91 Å². The molecule has 0 fully saturated rings. The van der Waals surface area contributed by atoms with Crippen LogP contribution < -0.4 is 15.4 Å². The predicted octanol–water partition coefficient (Wildman–Crippen LogP) is 3.36. The highest BCUT2D eigenvalue weighted by atomic mass is 16.6. The second-order valence-corrected chi connectivity index (χ2v) is 7.46. The van der Waals surface area contributed by atoms with Gasteiger partial charge in [-0.2, -0.15) is 0 Å². The van der Waals surface area contributed by atoms with Crippen molar-refractivity contribution in [3.63, 3.8) is 0 Å². The molecule has 0 bridgehead atoms. The zero-order valence-electron chi connectivity index (χ0n) is 18.5. The van der Waals surface area contributed by atoms with E-state index in [0.29, 0.717) is 17.4 Å². The molecule has 166 valence electrons. The van der Waals surface area contributed by atoms with Crippen LogP contribution in [0, 0.1) is 6.92 Å². The molecule has 0 spiro atoms. The van der Waals surface area contributed by atoms with Crippen molar-refractivity contribution >= 4 is 23.5 Å². The number of para-hydroxylation sites is 1. The van der Waals surface area contributed by atoms with Crippen LogP contribution in [0.4, 0.5) is 5.69 Å². The van der Waals surface area contributed by atoms with E-state index in [1.54, 1.807) is 6.07 Å². The third kappa shape index (κ3) is 7.77. The Hall–Kier alpha value is -3.35. The van der Waals surface area contributed by atoms with E-state index in [0.717, 1.165) is 23.1 Å². The van der Waals surface area contributed by atoms with Gasteiger partial charge in [-0.3, -0.25) is 9.59 Å². The Kier molecular flexibility index (Phi) is 9.06. The number of nitrogens with one attached hydrogen (secondary N) is 2. The number of aryl methyl sites for hydroxylation is 2. The van der Waals surface area contributed by atoms with Gasteiger partial charge in [-0.1, -0.05) is 51.1 Å². The fourth-order valence-corrected chi connectivity index (χ4v) is 2.83. The van der Waals surface area contributed by atoms with E-state index in [2.05, 4.69) is 24.5 Å². The highest BCUT2D eigenvalue weighted by Crippen LogP contribution is 2.24. The number of carbonyl (C=O) groups is 3. The molecule has 0 aliphatic carbocycles. The molecule has 0 saturated carbocycles. The first-order valence-electron chi connectivity index (χ1n) is 10.3. The van der Waals surface area contributed by atoms with Crippen LogP contribution in [-0.4, -0.2) is 37.5 Å². The van der Waals surface area contributed by atoms with Crippen LogP contribution in [0.2, 0.25) is 0 Å². The van der Waals surface area contributed by atoms with E-state index in [1.165, 1.54) is 0 Å². The Balaban J connectivity index is 1.72. The zero-order valence-corrected chi connectivity index (χ0v) is 18.5. The van der Waals surface area contributed by atoms with E-state index >= 15 is 0 Å². The third-order valence-corrected chi connectivity index (χ3v) is 4.71. The van der Waals surface area contributed by atoms with Gasteiger partial charge in [0, 0.05) is 5.69 Å². The molecule has 2 rings (SSSR count). The number of esters is 1. The van der Waals surface area contributed by atoms with Crippen molar-refractivity contribution in [3.05, 3.63) is 59.2 Å². The Morgan fingerprint density at radius 1 is 1.00 bits per heavy atom. The Labute approximate surface area is 183 Å². The standard InChI is InChI=1S/C24H30N2O5/c1-5-18-8-6-7-9-20(18)26-22(27)13-25-23(28)14-31-24(29)15-30-21-12-19(16(2)3)11-10-17(21)4/h6-12,16H,5,13-15H2,1-4H3,(H,25,28)(H,26,27). The van der Waals surface area contributed by atoms with Crippen molar-refractivity contribution in [2.45, 2.75) is 40.0 Å². The summed E-state index contributed by atoms with van der Waals surface area (Å²) < 4.78 is 10.5. The van der Waals surface area contributed by atoms with Crippen LogP contribution in [0.1, 0.15) is 43.4 Å². The summed E-state index contributed by atoms with van der Waals surface area (Å²) in [6.45, 7) is 7.03. The van der Waals surface area contributed by atoms with Gasteiger partial charge < -0.3 is 20.1 Å². The van der Waals surface area contributed by atoms with Crippen molar-refractivity contribution in [2.75, 3.05) is 25.1 Å². The lowest BCUT2D eigenvalue weighted by atomic mass is 10.0. The smallest absolute Gasteiger partial charge is 0.344 e. The van der Waals surface area contributed by atoms with Crippen molar-refractivity contribution in [3.8, 4) is 5.75 Å². The molecule has 0 heterocycles. The minimum atomic E-state index is -0.661. The summed E-state index contributed by atoms with van der Waals surface area (Å²) in [6.07, 6.45) is 0.780. The first-order chi connectivity index (χ1) is 14.8. The number of hydrogen-bond donors (Lipinski definition) is 2. The number of benzene rings is 2. The summed E-state index contributed by atoms with van der Waals surface area (Å²) in [5, 5.41) is 5.19. The third-order valence-electron chi connectivity index (χ3n) is 4.71. The van der Waals surface area contributed by atoms with Gasteiger partial charge in [-0.25, -0.2) is 4.79 Å². The number of anilines is 1. The number of hydrogen-bond acceptors (Lipinski definition) is 5. The van der Waals surface area contributed by atoms with Gasteiger partial charge in [0.05, 0.1) is 6.54 Å². The van der Waals surface area contributed by atoms with Crippen molar-refractivity contribution in [1.82, 2.24) is 5.32 Å². The van der Waals surface area contributed by atoms with Gasteiger partial charge in [0.1, 0.15) is 5.75 Å². The van der Waals surface area contributed by atoms with Gasteiger partial charge in [0.15, 0.2) is 13.2 Å². The Morgan fingerprint density at radius 3 is 2.45 bits per heavy atom. The Morgan fingerprint density at radius 2 is 1.74 bits per heavy atom. The lowest BCUT2D eigenvalue weighted by Crippen LogP contribution is -2.36. The predicted molar refractivity (Wildman–Crippen MR) is 119 cm³/mol. The molecule has 7 nitrogen and oxygen atoms in total. The fraction of sp³-hybridized carbons (Fsp3) is 0.375. The average molecular weight is 427 g/mol. The minimum Gasteiger partial charge on any atom is -0.482 e. The highest BCUT2D eigenvalue weighted by Gasteiger charge is 2.12. The molecule has 0 radical (unpaired) electrons. The molecular weight excluding hydrogens is 396 g/mol. The highest BCUT2D eigenvalue weighted by molar-refractivity contribution is 5.95. The molecule has 0 saturated heterocycles. The van der Waals surface area contributed by atoms with Crippen LogP contribution in [0.5, 0.6) is 5.75 Å². The van der Waals surface area contributed by atoms with Crippen molar-refractivity contribution in [2.24, 2.45) is 0 Å². The van der Waals surface area contributed by atoms with Crippen LogP contribution in [-0.2, 0) is 25.5 Å². The summed E-state index contributed by atoms with van der Waals surface area (Å²) in [5.74, 6) is -0.636. The van der Waals surface area contributed by atoms with E-state index in [1.807, 2.05) is 50.2 Å². The first kappa shape index (κ1) is 23.9. The lowest BCUT2D eigenvalue weighted by Gasteiger charge is -2.13. The molecule has 7 heteroatoms. The second-order valence-electron chi connectivity index (χ2n) is 7.46. The molecular formula is C24H30N2O5. The lowest BCUT2D eigenvalue weighted by molar-refractivity contribution is -0.150. The van der Waals surface area contributed by atoms with E-state index < -0.39 is 18.5 Å². The van der Waals surface area contributed by atoms with Crippen LogP contribution in [0.3, 0.4) is 0 Å². The summed E-state index contributed by atoms with van der Waals surface area (Å²) >= 11 is 0. The molecule has 0 atom stereocenters. The largest absolute Gasteiger partial charge is 0.482 e. The number of carbonyl (C=O) groups excluding carboxylic acids is 3. The molecule has 0 aromatic heterocycles. The van der Waals surface area contributed by atoms with Gasteiger partial charge in [-0.05, 0) is 48.1 Å². The molecule has 2 amide bonds. The molecule has 2 N–H and O–H groups in total. The SMILES string of the molecule is CCc1ccccc1NC(=O)CNC(=O)COC(=O)COc1cc(C(C)C)ccc1C. The van der Waals surface area contributed by atoms with E-state index in [-0.39, 0.29) is 19.1 Å². The molecule has 2 aromatic rings. The van der Waals surface area contributed by atoms with Crippen molar-refractivity contribution < 1.29 is 23.9 Å². The van der Waals surface area contributed by atoms with Gasteiger partial charge >= 0.3 is 5.97 Å². The number of ether oxygens (including phenoxy) is 2. The average Bonchev–Trinajstić information content (AvgIpc) is 2.75. The molecule has 0 aliphatic rings. The van der Waals surface area contributed by atoms with Crippen LogP contribution in [0.15, 0.2) is 42.5 Å². The Bertz CT molecular complexity index is 924. The molecule has 0 unspecified atom stereocenters. The summed E-state index contributed by atoms with van der Waals surface area (Å²) in [5.41, 5.74) is 3.73. The maximum atomic E-state index is 12.0. The summed E-state index contributed by atoms with van der Waals surface area (Å²) in [6, 6.07) is 13.3. The minimum absolute atomic E-state index is 0.216. The molecule has 31 heavy (non-hydrogen) atoms. The molecule has 2 aromatic carbocycles. The van der Waals surface area contributed by atoms with E-state index in [9.17, 15) is 14.4 Å². The maximum absolute atomic E-state index is 12.0. The summed E-state index contributed by atoms with van der Waals surface area (Å²) in [4.78, 5) is 35.8. The monoisotopic (exact) mass is 426 g/mol. The second kappa shape index (κ2) is 11.7. The topological polar surface area (TPSA) is 93.7 Å². The number of rotatable bonds is 10. The van der Waals surface area contributed by atoms with Crippen LogP contribution >= 0.6 is 0 Å². The summed E-state index contributed by atoms with van der Waals surface area (Å²) in [7, 11) is 0. The molecule has 0 aliphatic heterocycles. The maximum Gasteiger partial charge on any atom is 0.344 e. The van der Waals surface area contributed by atoms with Crippen LogP contribution in [0.25, 0.3) is 0 Å². The van der Waals surface area contributed by atoms with Gasteiger partial charge in [0.2, 0.25) is 5.91 Å². The zero-order chi connectivity index (χ0) is 22.8. The van der Waals surface area contributed by atoms with Gasteiger partial charge in [-0.15, -0.1) is 0 Å².